The van der Waals surface area contributed by atoms with E-state index in [0.29, 0.717) is 35.4 Å². The van der Waals surface area contributed by atoms with E-state index >= 15 is 0 Å². The normalized spacial score (nSPS) is 12.4. The van der Waals surface area contributed by atoms with Crippen molar-refractivity contribution < 1.29 is 4.79 Å². The first-order chi connectivity index (χ1) is 15.0. The Hall–Kier alpha value is -3.16. The van der Waals surface area contributed by atoms with Crippen molar-refractivity contribution in [2.24, 2.45) is 5.73 Å². The van der Waals surface area contributed by atoms with Crippen LogP contribution in [0.4, 0.5) is 0 Å². The quantitative estimate of drug-likeness (QED) is 0.385. The number of amides is 1. The number of aromatic amines is 1. The number of nitrogens with one attached hydrogen (secondary N) is 2. The van der Waals surface area contributed by atoms with Gasteiger partial charge in [0, 0.05) is 41.7 Å². The number of hydrogen-bond donors (Lipinski definition) is 3. The van der Waals surface area contributed by atoms with E-state index in [-0.39, 0.29) is 17.9 Å². The zero-order chi connectivity index (χ0) is 22.0. The number of fused-ring (bicyclic) bond motifs is 3. The zero-order valence-corrected chi connectivity index (χ0v) is 17.9. The summed E-state index contributed by atoms with van der Waals surface area (Å²) >= 11 is 5.89. The molecule has 0 bridgehead atoms. The first kappa shape index (κ1) is 21.1. The lowest BCUT2D eigenvalue weighted by molar-refractivity contribution is -0.121. The lowest BCUT2D eigenvalue weighted by atomic mass is 10.0. The molecule has 7 nitrogen and oxygen atoms in total. The number of pyridine rings is 1. The van der Waals surface area contributed by atoms with Gasteiger partial charge in [0.15, 0.2) is 0 Å². The fourth-order valence-corrected chi connectivity index (χ4v) is 3.95. The van der Waals surface area contributed by atoms with E-state index in [1.54, 1.807) is 16.7 Å². The maximum atomic E-state index is 13.1. The Morgan fingerprint density at radius 2 is 1.97 bits per heavy atom. The largest absolute Gasteiger partial charge is 0.356 e. The molecule has 0 aliphatic rings. The molecular weight excluding hydrogens is 414 g/mol. The van der Waals surface area contributed by atoms with Gasteiger partial charge in [0.05, 0.1) is 10.9 Å². The molecule has 0 saturated carbocycles. The number of aryl methyl sites for hydroxylation is 2. The highest BCUT2D eigenvalue weighted by Gasteiger charge is 2.15. The van der Waals surface area contributed by atoms with Gasteiger partial charge in [-0.25, -0.2) is 0 Å². The van der Waals surface area contributed by atoms with Gasteiger partial charge in [0.1, 0.15) is 5.52 Å². The van der Waals surface area contributed by atoms with Crippen LogP contribution in [0.5, 0.6) is 0 Å². The fourth-order valence-electron chi connectivity index (χ4n) is 3.83. The Kier molecular flexibility index (Phi) is 6.06. The van der Waals surface area contributed by atoms with E-state index in [0.717, 1.165) is 22.2 Å². The van der Waals surface area contributed by atoms with Crippen molar-refractivity contribution in [1.82, 2.24) is 20.1 Å². The third-order valence-electron chi connectivity index (χ3n) is 5.44. The summed E-state index contributed by atoms with van der Waals surface area (Å²) in [6.07, 6.45) is 0.804. The summed E-state index contributed by atoms with van der Waals surface area (Å²) in [6.45, 7) is 2.79. The average Bonchev–Trinajstić information content (AvgIpc) is 3.15. The predicted octanol–water partition coefficient (Wildman–Crippen LogP) is 3.44. The molecule has 0 aliphatic carbocycles. The van der Waals surface area contributed by atoms with Crippen molar-refractivity contribution in [1.29, 1.82) is 0 Å². The topological polar surface area (TPSA) is 106 Å². The number of carbonyl (C=O) groups is 1. The van der Waals surface area contributed by atoms with Crippen molar-refractivity contribution >= 4 is 39.3 Å². The second-order valence-corrected chi connectivity index (χ2v) is 8.05. The molecule has 2 aromatic heterocycles. The summed E-state index contributed by atoms with van der Waals surface area (Å²) in [5.41, 5.74) is 9.19. The molecule has 0 aliphatic heterocycles. The minimum absolute atomic E-state index is 0.0731. The minimum Gasteiger partial charge on any atom is -0.356 e. The zero-order valence-electron chi connectivity index (χ0n) is 17.2. The molecule has 0 spiro atoms. The van der Waals surface area contributed by atoms with Crippen molar-refractivity contribution in [3.05, 3.63) is 75.2 Å². The standard InChI is InChI=1S/C23H24ClN5O2/c1-14-21-22(28-27-14)17-5-2-3-6-19(17)29(23(21)31)12-4-11-26-20(30)13-18(25)15-7-9-16(24)10-8-15/h2-3,5-10,18H,4,11-13,25H2,1H3,(H,26,30)(H,27,28). The molecule has 8 heteroatoms. The summed E-state index contributed by atoms with van der Waals surface area (Å²) in [5.74, 6) is -0.124. The number of nitrogens with two attached hydrogens (primary N) is 1. The first-order valence-electron chi connectivity index (χ1n) is 10.2. The molecule has 2 aromatic carbocycles. The van der Waals surface area contributed by atoms with Crippen LogP contribution in [0.25, 0.3) is 21.8 Å². The summed E-state index contributed by atoms with van der Waals surface area (Å²) < 4.78 is 1.76. The van der Waals surface area contributed by atoms with Gasteiger partial charge >= 0.3 is 0 Å². The van der Waals surface area contributed by atoms with Gasteiger partial charge in [-0.15, -0.1) is 0 Å². The van der Waals surface area contributed by atoms with Crippen LogP contribution < -0.4 is 16.6 Å². The Morgan fingerprint density at radius 3 is 2.74 bits per heavy atom. The number of hydrogen-bond acceptors (Lipinski definition) is 4. The number of rotatable bonds is 7. The first-order valence-corrected chi connectivity index (χ1v) is 10.6. The summed E-state index contributed by atoms with van der Waals surface area (Å²) in [7, 11) is 0. The van der Waals surface area contributed by atoms with Crippen LogP contribution >= 0.6 is 11.6 Å². The van der Waals surface area contributed by atoms with Crippen molar-refractivity contribution in [2.75, 3.05) is 6.54 Å². The highest BCUT2D eigenvalue weighted by molar-refractivity contribution is 6.30. The van der Waals surface area contributed by atoms with Crippen LogP contribution in [0.2, 0.25) is 5.02 Å². The van der Waals surface area contributed by atoms with Gasteiger partial charge in [-0.2, -0.15) is 5.10 Å². The molecule has 160 valence electrons. The van der Waals surface area contributed by atoms with E-state index in [9.17, 15) is 9.59 Å². The summed E-state index contributed by atoms with van der Waals surface area (Å²) in [5, 5.41) is 12.3. The molecule has 2 heterocycles. The highest BCUT2D eigenvalue weighted by Crippen LogP contribution is 2.22. The number of halogens is 1. The molecule has 4 N–H and O–H groups in total. The molecule has 1 unspecified atom stereocenters. The Labute approximate surface area is 184 Å². The molecule has 4 aromatic rings. The van der Waals surface area contributed by atoms with Crippen LogP contribution in [-0.4, -0.2) is 27.2 Å². The predicted molar refractivity (Wildman–Crippen MR) is 123 cm³/mol. The second kappa shape index (κ2) is 8.91. The van der Waals surface area contributed by atoms with E-state index < -0.39 is 6.04 Å². The van der Waals surface area contributed by atoms with E-state index in [1.165, 1.54) is 0 Å². The van der Waals surface area contributed by atoms with E-state index in [2.05, 4.69) is 15.5 Å². The number of H-pyrrole nitrogens is 1. The lowest BCUT2D eigenvalue weighted by Crippen LogP contribution is -2.30. The van der Waals surface area contributed by atoms with Gasteiger partial charge < -0.3 is 15.6 Å². The monoisotopic (exact) mass is 437 g/mol. The third-order valence-corrected chi connectivity index (χ3v) is 5.69. The second-order valence-electron chi connectivity index (χ2n) is 7.61. The molecule has 0 radical (unpaired) electrons. The molecular formula is C23H24ClN5O2. The van der Waals surface area contributed by atoms with E-state index in [1.807, 2.05) is 43.3 Å². The molecule has 4 rings (SSSR count). The number of benzene rings is 2. The van der Waals surface area contributed by atoms with E-state index in [4.69, 9.17) is 17.3 Å². The van der Waals surface area contributed by atoms with Crippen LogP contribution in [0, 0.1) is 6.92 Å². The SMILES string of the molecule is Cc1[nH]nc2c1c(=O)n(CCCNC(=O)CC(N)c1ccc(Cl)cc1)c1ccccc21. The Morgan fingerprint density at radius 1 is 1.23 bits per heavy atom. The maximum Gasteiger partial charge on any atom is 0.262 e. The smallest absolute Gasteiger partial charge is 0.262 e. The average molecular weight is 438 g/mol. The minimum atomic E-state index is -0.393. The fraction of sp³-hybridized carbons (Fsp3) is 0.261. The van der Waals surface area contributed by atoms with Gasteiger partial charge in [-0.3, -0.25) is 14.7 Å². The maximum absolute atomic E-state index is 13.1. The molecule has 1 amide bonds. The molecule has 0 fully saturated rings. The van der Waals surface area contributed by atoms with Crippen molar-refractivity contribution in [3.8, 4) is 0 Å². The van der Waals surface area contributed by atoms with Crippen LogP contribution in [0.15, 0.2) is 53.3 Å². The molecule has 0 saturated heterocycles. The van der Waals surface area contributed by atoms with Gasteiger partial charge in [-0.1, -0.05) is 41.9 Å². The van der Waals surface area contributed by atoms with Crippen LogP contribution in [0.3, 0.4) is 0 Å². The highest BCUT2D eigenvalue weighted by atomic mass is 35.5. The molecule has 31 heavy (non-hydrogen) atoms. The van der Waals surface area contributed by atoms with Crippen molar-refractivity contribution in [2.45, 2.75) is 32.4 Å². The number of aromatic nitrogens is 3. The third kappa shape index (κ3) is 4.33. The van der Waals surface area contributed by atoms with Crippen LogP contribution in [-0.2, 0) is 11.3 Å². The lowest BCUT2D eigenvalue weighted by Gasteiger charge is -2.13. The van der Waals surface area contributed by atoms with Gasteiger partial charge in [0.25, 0.3) is 5.56 Å². The Balaban J connectivity index is 1.41. The Bertz CT molecular complexity index is 1290. The number of para-hydroxylation sites is 1. The van der Waals surface area contributed by atoms with Crippen molar-refractivity contribution in [3.63, 3.8) is 0 Å². The van der Waals surface area contributed by atoms with Gasteiger partial charge in [0.2, 0.25) is 5.91 Å². The molecule has 1 atom stereocenters. The van der Waals surface area contributed by atoms with Gasteiger partial charge in [-0.05, 0) is 37.1 Å². The number of nitrogens with zero attached hydrogens (tertiary/aromatic N) is 2. The summed E-state index contributed by atoms with van der Waals surface area (Å²) in [6, 6.07) is 14.5. The number of carbonyl (C=O) groups excluding carboxylic acids is 1. The van der Waals surface area contributed by atoms with Crippen LogP contribution in [0.1, 0.15) is 30.1 Å². The summed E-state index contributed by atoms with van der Waals surface area (Å²) in [4.78, 5) is 25.3.